The van der Waals surface area contributed by atoms with E-state index in [0.29, 0.717) is 27.1 Å². The lowest BCUT2D eigenvalue weighted by molar-refractivity contribution is -0.112. The first-order chi connectivity index (χ1) is 17.3. The van der Waals surface area contributed by atoms with Crippen LogP contribution in [0.15, 0.2) is 83.4 Å². The van der Waals surface area contributed by atoms with E-state index in [-0.39, 0.29) is 11.3 Å². The largest absolute Gasteiger partial charge is 0.508 e. The molecule has 0 aromatic heterocycles. The van der Waals surface area contributed by atoms with Crippen LogP contribution >= 0.6 is 15.9 Å². The normalized spacial score (nSPS) is 12.4. The Balaban J connectivity index is 1.83. The van der Waals surface area contributed by atoms with Gasteiger partial charge in [0.2, 0.25) is 5.91 Å². The maximum absolute atomic E-state index is 12.7. The van der Waals surface area contributed by atoms with Gasteiger partial charge in [-0.15, -0.1) is 0 Å². The van der Waals surface area contributed by atoms with E-state index >= 15 is 0 Å². The first-order valence-electron chi connectivity index (χ1n) is 10.6. The van der Waals surface area contributed by atoms with Crippen LogP contribution in [0.1, 0.15) is 17.2 Å². The van der Waals surface area contributed by atoms with Gasteiger partial charge in [0.1, 0.15) is 11.9 Å². The Labute approximate surface area is 216 Å². The highest BCUT2D eigenvalue weighted by atomic mass is 79.9. The number of nitrogens with zero attached hydrogens (tertiary/aromatic N) is 1. The van der Waals surface area contributed by atoms with Gasteiger partial charge in [-0.1, -0.05) is 28.1 Å². The molecule has 0 aliphatic heterocycles. The van der Waals surface area contributed by atoms with Gasteiger partial charge in [0.05, 0.1) is 23.0 Å². The lowest BCUT2D eigenvalue weighted by atomic mass is 10.0. The van der Waals surface area contributed by atoms with Crippen LogP contribution < -0.4 is 16.4 Å². The monoisotopic (exact) mass is 550 g/mol. The summed E-state index contributed by atoms with van der Waals surface area (Å²) in [6, 6.07) is 19.7. The van der Waals surface area contributed by atoms with Crippen LogP contribution in [0.4, 0.5) is 21.9 Å². The summed E-state index contributed by atoms with van der Waals surface area (Å²) in [5.41, 5.74) is 7.81. The summed E-state index contributed by atoms with van der Waals surface area (Å²) < 4.78 is 11.8. The number of hydrogen-bond donors (Lipinski definition) is 4. The summed E-state index contributed by atoms with van der Waals surface area (Å²) in [5.74, 6) is -0.611. The Hall–Kier alpha value is -4.33. The Kier molecular flexibility index (Phi) is 9.05. The van der Waals surface area contributed by atoms with Gasteiger partial charge < -0.3 is 25.6 Å². The Morgan fingerprint density at radius 1 is 1.11 bits per heavy atom. The van der Waals surface area contributed by atoms with Gasteiger partial charge in [-0.2, -0.15) is 5.26 Å². The predicted octanol–water partition coefficient (Wildman–Crippen LogP) is 5.11. The van der Waals surface area contributed by atoms with Crippen molar-refractivity contribution >= 4 is 45.0 Å². The number of ether oxygens (including phenoxy) is 2. The van der Waals surface area contributed by atoms with E-state index in [1.54, 1.807) is 60.7 Å². The molecule has 0 bridgehead atoms. The lowest BCUT2D eigenvalue weighted by Crippen LogP contribution is -2.27. The molecular weight excluding hydrogens is 528 g/mol. The number of methoxy groups -OCH3 is 1. The number of carbonyl (C=O) groups excluding carboxylic acids is 2. The van der Waals surface area contributed by atoms with Crippen molar-refractivity contribution in [3.05, 3.63) is 94.5 Å². The molecule has 3 rings (SSSR count). The molecule has 10 heteroatoms. The van der Waals surface area contributed by atoms with Crippen LogP contribution in [-0.4, -0.2) is 30.3 Å². The maximum atomic E-state index is 12.7. The SMILES string of the molecule is CO[C@@H](/C=C/C(=O)Nc1ccccc1N)[C@@H](OC(=O)Nc1ccc(C#N)cc1)c1cc(Br)ccc1O. The number of rotatable bonds is 8. The van der Waals surface area contributed by atoms with Crippen LogP contribution in [0.5, 0.6) is 5.75 Å². The molecule has 184 valence electrons. The molecule has 0 saturated carbocycles. The third kappa shape index (κ3) is 7.09. The number of carbonyl (C=O) groups is 2. The van der Waals surface area contributed by atoms with Crippen LogP contribution in [0.25, 0.3) is 0 Å². The zero-order valence-corrected chi connectivity index (χ0v) is 20.7. The second-order valence-corrected chi connectivity index (χ2v) is 8.39. The fourth-order valence-corrected chi connectivity index (χ4v) is 3.60. The van der Waals surface area contributed by atoms with Crippen molar-refractivity contribution in [3.8, 4) is 11.8 Å². The number of para-hydroxylation sites is 2. The zero-order chi connectivity index (χ0) is 26.1. The standard InChI is InChI=1S/C26H23BrN4O5/c1-35-23(12-13-24(33)31-21-5-3-2-4-20(21)29)25(19-14-17(27)8-11-22(19)32)36-26(34)30-18-9-6-16(15-28)7-10-18/h2-14,23,25,32H,29H2,1H3,(H,30,34)(H,31,33)/b13-12+/t23-,25-/m0/s1. The topological polar surface area (TPSA) is 147 Å². The van der Waals surface area contributed by atoms with Gasteiger partial charge in [0.15, 0.2) is 6.10 Å². The highest BCUT2D eigenvalue weighted by Crippen LogP contribution is 2.34. The molecule has 3 aromatic carbocycles. The van der Waals surface area contributed by atoms with Gasteiger partial charge in [-0.05, 0) is 60.7 Å². The van der Waals surface area contributed by atoms with Gasteiger partial charge in [0, 0.05) is 28.9 Å². The Morgan fingerprint density at radius 2 is 1.83 bits per heavy atom. The third-order valence-electron chi connectivity index (χ3n) is 5.02. The highest BCUT2D eigenvalue weighted by Gasteiger charge is 2.28. The van der Waals surface area contributed by atoms with Crippen molar-refractivity contribution < 1.29 is 24.2 Å². The molecule has 0 saturated heterocycles. The summed E-state index contributed by atoms with van der Waals surface area (Å²) in [4.78, 5) is 25.2. The minimum atomic E-state index is -1.13. The van der Waals surface area contributed by atoms with Crippen molar-refractivity contribution in [2.45, 2.75) is 12.2 Å². The molecule has 0 aliphatic rings. The maximum Gasteiger partial charge on any atom is 0.412 e. The van der Waals surface area contributed by atoms with Gasteiger partial charge >= 0.3 is 6.09 Å². The summed E-state index contributed by atoms with van der Waals surface area (Å²) in [7, 11) is 1.38. The number of benzene rings is 3. The molecule has 3 aromatic rings. The van der Waals surface area contributed by atoms with E-state index in [1.807, 2.05) is 6.07 Å². The summed E-state index contributed by atoms with van der Waals surface area (Å²) >= 11 is 3.35. The minimum Gasteiger partial charge on any atom is -0.508 e. The quantitative estimate of drug-likeness (QED) is 0.225. The van der Waals surface area contributed by atoms with E-state index in [0.717, 1.165) is 0 Å². The number of halogens is 1. The smallest absolute Gasteiger partial charge is 0.412 e. The molecule has 9 nitrogen and oxygen atoms in total. The Bertz CT molecular complexity index is 1300. The molecular formula is C26H23BrN4O5. The van der Waals surface area contributed by atoms with E-state index in [2.05, 4.69) is 26.6 Å². The van der Waals surface area contributed by atoms with Gasteiger partial charge in [0.25, 0.3) is 0 Å². The number of nitriles is 1. The molecule has 0 aliphatic carbocycles. The number of hydrogen-bond acceptors (Lipinski definition) is 7. The average Bonchev–Trinajstić information content (AvgIpc) is 2.87. The molecule has 0 spiro atoms. The average molecular weight is 551 g/mol. The first kappa shape index (κ1) is 26.3. The molecule has 2 amide bonds. The van der Waals surface area contributed by atoms with Crippen molar-refractivity contribution in [1.29, 1.82) is 5.26 Å². The molecule has 0 radical (unpaired) electrons. The fourth-order valence-electron chi connectivity index (χ4n) is 3.22. The zero-order valence-electron chi connectivity index (χ0n) is 19.1. The van der Waals surface area contributed by atoms with Crippen molar-refractivity contribution in [2.75, 3.05) is 23.5 Å². The molecule has 2 atom stereocenters. The number of phenols is 1. The molecule has 0 unspecified atom stereocenters. The third-order valence-corrected chi connectivity index (χ3v) is 5.51. The Morgan fingerprint density at radius 3 is 2.50 bits per heavy atom. The number of nitrogens with two attached hydrogens (primary N) is 1. The van der Waals surface area contributed by atoms with E-state index in [4.69, 9.17) is 20.5 Å². The highest BCUT2D eigenvalue weighted by molar-refractivity contribution is 9.10. The van der Waals surface area contributed by atoms with Crippen LogP contribution in [0.3, 0.4) is 0 Å². The number of nitrogens with one attached hydrogen (secondary N) is 2. The number of amides is 2. The molecule has 0 heterocycles. The number of nitrogen functional groups attached to an aromatic ring is 1. The van der Waals surface area contributed by atoms with E-state index < -0.39 is 24.2 Å². The van der Waals surface area contributed by atoms with Gasteiger partial charge in [-0.3, -0.25) is 10.1 Å². The van der Waals surface area contributed by atoms with Crippen molar-refractivity contribution in [3.63, 3.8) is 0 Å². The fraction of sp³-hybridized carbons (Fsp3) is 0.115. The molecule has 5 N–H and O–H groups in total. The molecule has 36 heavy (non-hydrogen) atoms. The van der Waals surface area contributed by atoms with E-state index in [9.17, 15) is 14.7 Å². The molecule has 0 fully saturated rings. The summed E-state index contributed by atoms with van der Waals surface area (Å²) in [6.07, 6.45) is -0.271. The minimum absolute atomic E-state index is 0.133. The number of phenolic OH excluding ortho intramolecular Hbond substituents is 1. The lowest BCUT2D eigenvalue weighted by Gasteiger charge is -2.25. The van der Waals surface area contributed by atoms with E-state index in [1.165, 1.54) is 25.3 Å². The summed E-state index contributed by atoms with van der Waals surface area (Å²) in [5, 5.41) is 24.6. The number of anilines is 3. The van der Waals surface area contributed by atoms with Crippen LogP contribution in [-0.2, 0) is 14.3 Å². The van der Waals surface area contributed by atoms with Crippen LogP contribution in [0.2, 0.25) is 0 Å². The second-order valence-electron chi connectivity index (χ2n) is 7.48. The summed E-state index contributed by atoms with van der Waals surface area (Å²) in [6.45, 7) is 0. The van der Waals surface area contributed by atoms with Gasteiger partial charge in [-0.25, -0.2) is 4.79 Å². The van der Waals surface area contributed by atoms with Crippen molar-refractivity contribution in [1.82, 2.24) is 0 Å². The second kappa shape index (κ2) is 12.4. The van der Waals surface area contributed by atoms with Crippen molar-refractivity contribution in [2.24, 2.45) is 0 Å². The predicted molar refractivity (Wildman–Crippen MR) is 139 cm³/mol. The number of aromatic hydroxyl groups is 1. The van der Waals surface area contributed by atoms with Crippen LogP contribution in [0, 0.1) is 11.3 Å². The first-order valence-corrected chi connectivity index (χ1v) is 11.4.